The van der Waals surface area contributed by atoms with Crippen LogP contribution in [0.1, 0.15) is 18.5 Å². The summed E-state index contributed by atoms with van der Waals surface area (Å²) in [4.78, 5) is 18.8. The molecule has 5 nitrogen and oxygen atoms in total. The van der Waals surface area contributed by atoms with Crippen molar-refractivity contribution >= 4 is 21.6 Å². The molecule has 0 saturated heterocycles. The topological polar surface area (TPSA) is 57.8 Å². The second-order valence-electron chi connectivity index (χ2n) is 5.09. The van der Waals surface area contributed by atoms with Gasteiger partial charge in [0.2, 0.25) is 0 Å². The zero-order valence-electron chi connectivity index (χ0n) is 11.0. The highest BCUT2D eigenvalue weighted by atomic mass is 79.9. The van der Waals surface area contributed by atoms with E-state index in [9.17, 15) is 4.79 Å². The minimum atomic E-state index is -0.0777. The number of pyridine rings is 1. The molecule has 1 aliphatic rings. The SMILES string of the molecule is O=c1cc(CN(CCO)C2CC2)nc2ccc(Br)cn12. The maximum Gasteiger partial charge on any atom is 0.258 e. The summed E-state index contributed by atoms with van der Waals surface area (Å²) in [6.45, 7) is 1.38. The molecule has 106 valence electrons. The first-order chi connectivity index (χ1) is 9.67. The average molecular weight is 338 g/mol. The third-order valence-electron chi connectivity index (χ3n) is 3.49. The third kappa shape index (κ3) is 2.92. The summed E-state index contributed by atoms with van der Waals surface area (Å²) in [6.07, 6.45) is 4.06. The first-order valence-corrected chi connectivity index (χ1v) is 7.49. The van der Waals surface area contributed by atoms with Crippen LogP contribution in [0.15, 0.2) is 33.7 Å². The van der Waals surface area contributed by atoms with E-state index in [-0.39, 0.29) is 12.2 Å². The molecule has 2 heterocycles. The van der Waals surface area contributed by atoms with E-state index in [0.717, 1.165) is 10.2 Å². The summed E-state index contributed by atoms with van der Waals surface area (Å²) in [5.41, 5.74) is 1.33. The molecule has 0 bridgehead atoms. The van der Waals surface area contributed by atoms with Crippen molar-refractivity contribution in [2.75, 3.05) is 13.2 Å². The first-order valence-electron chi connectivity index (χ1n) is 6.70. The molecule has 3 rings (SSSR count). The van der Waals surface area contributed by atoms with Crippen molar-refractivity contribution in [1.82, 2.24) is 14.3 Å². The molecule has 2 aromatic heterocycles. The van der Waals surface area contributed by atoms with Crippen LogP contribution < -0.4 is 5.56 Å². The molecule has 1 aliphatic carbocycles. The van der Waals surface area contributed by atoms with Crippen molar-refractivity contribution in [3.05, 3.63) is 44.9 Å². The summed E-state index contributed by atoms with van der Waals surface area (Å²) in [6, 6.07) is 5.81. The molecule has 2 aromatic rings. The van der Waals surface area contributed by atoms with E-state index in [2.05, 4.69) is 25.8 Å². The number of halogens is 1. The Labute approximate surface area is 125 Å². The molecule has 6 heteroatoms. The molecule has 1 N–H and O–H groups in total. The van der Waals surface area contributed by atoms with Gasteiger partial charge in [-0.25, -0.2) is 4.98 Å². The fourth-order valence-electron chi connectivity index (χ4n) is 2.37. The van der Waals surface area contributed by atoms with Gasteiger partial charge >= 0.3 is 0 Å². The van der Waals surface area contributed by atoms with E-state index in [1.807, 2.05) is 12.1 Å². The second-order valence-corrected chi connectivity index (χ2v) is 6.00. The lowest BCUT2D eigenvalue weighted by molar-refractivity contribution is 0.182. The van der Waals surface area contributed by atoms with Crippen LogP contribution >= 0.6 is 15.9 Å². The normalized spacial score (nSPS) is 15.2. The van der Waals surface area contributed by atoms with Gasteiger partial charge in [-0.05, 0) is 40.9 Å². The monoisotopic (exact) mass is 337 g/mol. The average Bonchev–Trinajstić information content (AvgIpc) is 3.24. The Morgan fingerprint density at radius 1 is 1.45 bits per heavy atom. The molecule has 1 saturated carbocycles. The van der Waals surface area contributed by atoms with Gasteiger partial charge in [0, 0.05) is 35.9 Å². The lowest BCUT2D eigenvalue weighted by atomic mass is 10.3. The Morgan fingerprint density at radius 3 is 2.95 bits per heavy atom. The third-order valence-corrected chi connectivity index (χ3v) is 3.96. The van der Waals surface area contributed by atoms with Crippen molar-refractivity contribution < 1.29 is 5.11 Å². The number of aliphatic hydroxyl groups is 1. The van der Waals surface area contributed by atoms with Gasteiger partial charge < -0.3 is 5.11 Å². The summed E-state index contributed by atoms with van der Waals surface area (Å²) < 4.78 is 2.38. The lowest BCUT2D eigenvalue weighted by Gasteiger charge is -2.20. The molecule has 0 atom stereocenters. The van der Waals surface area contributed by atoms with E-state index in [1.54, 1.807) is 12.3 Å². The number of hydrogen-bond acceptors (Lipinski definition) is 4. The first kappa shape index (κ1) is 13.7. The van der Waals surface area contributed by atoms with E-state index in [4.69, 9.17) is 5.11 Å². The van der Waals surface area contributed by atoms with Crippen molar-refractivity contribution in [3.63, 3.8) is 0 Å². The van der Waals surface area contributed by atoms with E-state index >= 15 is 0 Å². The van der Waals surface area contributed by atoms with Crippen LogP contribution in [0.25, 0.3) is 5.65 Å². The van der Waals surface area contributed by atoms with E-state index in [0.29, 0.717) is 24.8 Å². The maximum atomic E-state index is 12.1. The minimum absolute atomic E-state index is 0.0777. The van der Waals surface area contributed by atoms with Gasteiger partial charge in [-0.2, -0.15) is 0 Å². The van der Waals surface area contributed by atoms with Gasteiger partial charge in [0.15, 0.2) is 0 Å². The summed E-state index contributed by atoms with van der Waals surface area (Å²) in [5, 5.41) is 9.12. The van der Waals surface area contributed by atoms with Crippen LogP contribution in [-0.2, 0) is 6.54 Å². The molecule has 0 aromatic carbocycles. The second kappa shape index (κ2) is 5.63. The molecule has 0 aliphatic heterocycles. The Morgan fingerprint density at radius 2 is 2.25 bits per heavy atom. The van der Waals surface area contributed by atoms with Crippen LogP contribution in [0.4, 0.5) is 0 Å². The van der Waals surface area contributed by atoms with Crippen LogP contribution in [0.3, 0.4) is 0 Å². The Hall–Kier alpha value is -1.24. The molecule has 20 heavy (non-hydrogen) atoms. The van der Waals surface area contributed by atoms with Gasteiger partial charge in [-0.1, -0.05) is 0 Å². The molecular formula is C14H16BrN3O2. The summed E-state index contributed by atoms with van der Waals surface area (Å²) >= 11 is 3.35. The molecule has 1 fully saturated rings. The van der Waals surface area contributed by atoms with Crippen LogP contribution in [0.2, 0.25) is 0 Å². The zero-order valence-corrected chi connectivity index (χ0v) is 12.6. The standard InChI is InChI=1S/C14H16BrN3O2/c15-10-1-4-13-16-11(7-14(20)18(13)8-10)9-17(5-6-19)12-2-3-12/h1,4,7-8,12,19H,2-3,5-6,9H2. The number of aliphatic hydroxyl groups excluding tert-OH is 1. The fraction of sp³-hybridized carbons (Fsp3) is 0.429. The van der Waals surface area contributed by atoms with Crippen LogP contribution in [0, 0.1) is 0 Å². The molecule has 0 unspecified atom stereocenters. The highest BCUT2D eigenvalue weighted by molar-refractivity contribution is 9.10. The van der Waals surface area contributed by atoms with Gasteiger partial charge in [0.05, 0.1) is 12.3 Å². The van der Waals surface area contributed by atoms with Gasteiger partial charge in [0.1, 0.15) is 5.65 Å². The maximum absolute atomic E-state index is 12.1. The highest BCUT2D eigenvalue weighted by Gasteiger charge is 2.28. The van der Waals surface area contributed by atoms with Crippen LogP contribution in [-0.4, -0.2) is 38.6 Å². The van der Waals surface area contributed by atoms with Crippen molar-refractivity contribution in [2.45, 2.75) is 25.4 Å². The molecule has 0 radical (unpaired) electrons. The van der Waals surface area contributed by atoms with Crippen LogP contribution in [0.5, 0.6) is 0 Å². The van der Waals surface area contributed by atoms with Gasteiger partial charge in [-0.15, -0.1) is 0 Å². The predicted molar refractivity (Wildman–Crippen MR) is 79.7 cm³/mol. The Kier molecular flexibility index (Phi) is 3.87. The highest BCUT2D eigenvalue weighted by Crippen LogP contribution is 2.27. The number of aromatic nitrogens is 2. The predicted octanol–water partition coefficient (Wildman–Crippen LogP) is 1.41. The van der Waals surface area contributed by atoms with Crippen molar-refractivity contribution in [1.29, 1.82) is 0 Å². The largest absolute Gasteiger partial charge is 0.395 e. The Balaban J connectivity index is 1.91. The fourth-order valence-corrected chi connectivity index (χ4v) is 2.71. The van der Waals surface area contributed by atoms with Gasteiger partial charge in [-0.3, -0.25) is 14.1 Å². The molecular weight excluding hydrogens is 322 g/mol. The van der Waals surface area contributed by atoms with E-state index < -0.39 is 0 Å². The lowest BCUT2D eigenvalue weighted by Crippen LogP contribution is -2.30. The Bertz CT molecular complexity index is 682. The quantitative estimate of drug-likeness (QED) is 0.896. The zero-order chi connectivity index (χ0) is 14.1. The molecule has 0 amide bonds. The summed E-state index contributed by atoms with van der Waals surface area (Å²) in [5.74, 6) is 0. The van der Waals surface area contributed by atoms with Gasteiger partial charge in [0.25, 0.3) is 5.56 Å². The number of rotatable bonds is 5. The molecule has 0 spiro atoms. The van der Waals surface area contributed by atoms with Crippen molar-refractivity contribution in [2.24, 2.45) is 0 Å². The van der Waals surface area contributed by atoms with E-state index in [1.165, 1.54) is 17.2 Å². The summed E-state index contributed by atoms with van der Waals surface area (Å²) in [7, 11) is 0. The number of fused-ring (bicyclic) bond motifs is 1. The number of hydrogen-bond donors (Lipinski definition) is 1. The number of nitrogens with zero attached hydrogens (tertiary/aromatic N) is 3. The smallest absolute Gasteiger partial charge is 0.258 e. The minimum Gasteiger partial charge on any atom is -0.395 e. The van der Waals surface area contributed by atoms with Crippen molar-refractivity contribution in [3.8, 4) is 0 Å².